The number of ether oxygens (including phenoxy) is 1. The van der Waals surface area contributed by atoms with Gasteiger partial charge in [-0.05, 0) is 67.4 Å². The van der Waals surface area contributed by atoms with Gasteiger partial charge in [0, 0.05) is 11.8 Å². The molecule has 2 aromatic heterocycles. The Kier molecular flexibility index (Phi) is 4.42. The van der Waals surface area contributed by atoms with Crippen molar-refractivity contribution in [1.82, 2.24) is 9.38 Å². The number of azo groups is 1. The predicted molar refractivity (Wildman–Crippen MR) is 107 cm³/mol. The fourth-order valence-electron chi connectivity index (χ4n) is 2.97. The van der Waals surface area contributed by atoms with Crippen molar-refractivity contribution in [2.45, 2.75) is 13.8 Å². The van der Waals surface area contributed by atoms with E-state index in [0.29, 0.717) is 5.82 Å². The van der Waals surface area contributed by atoms with Gasteiger partial charge >= 0.3 is 0 Å². The topological polar surface area (TPSA) is 51.2 Å². The molecule has 0 spiro atoms. The van der Waals surface area contributed by atoms with Crippen LogP contribution in [0.1, 0.15) is 11.1 Å². The van der Waals surface area contributed by atoms with Gasteiger partial charge in [-0.25, -0.2) is 4.98 Å². The van der Waals surface area contributed by atoms with Crippen LogP contribution in [0.4, 0.5) is 11.5 Å². The highest BCUT2D eigenvalue weighted by molar-refractivity contribution is 5.74. The lowest BCUT2D eigenvalue weighted by Crippen LogP contribution is -1.84. The Bertz CT molecular complexity index is 1130. The van der Waals surface area contributed by atoms with Crippen molar-refractivity contribution >= 4 is 17.2 Å². The Morgan fingerprint density at radius 1 is 0.889 bits per heavy atom. The fourth-order valence-corrected chi connectivity index (χ4v) is 2.97. The SMILES string of the molecule is COc1ccc(-c2nc3ccccn3c2N=Nc2cccc(C)c2C)cc1. The van der Waals surface area contributed by atoms with E-state index in [0.717, 1.165) is 33.9 Å². The normalized spacial score (nSPS) is 11.4. The van der Waals surface area contributed by atoms with Crippen LogP contribution in [-0.2, 0) is 0 Å². The number of nitrogens with zero attached hydrogens (tertiary/aromatic N) is 4. The molecule has 4 aromatic rings. The first-order valence-electron chi connectivity index (χ1n) is 8.77. The number of rotatable bonds is 4. The van der Waals surface area contributed by atoms with E-state index >= 15 is 0 Å². The van der Waals surface area contributed by atoms with Gasteiger partial charge in [-0.2, -0.15) is 0 Å². The van der Waals surface area contributed by atoms with Crippen molar-refractivity contribution in [2.24, 2.45) is 10.2 Å². The number of benzene rings is 2. The minimum absolute atomic E-state index is 0.705. The van der Waals surface area contributed by atoms with Crippen molar-refractivity contribution in [3.8, 4) is 17.0 Å². The Labute approximate surface area is 158 Å². The molecule has 0 aliphatic carbocycles. The molecule has 0 aliphatic heterocycles. The third-order valence-electron chi connectivity index (χ3n) is 4.70. The van der Waals surface area contributed by atoms with Crippen LogP contribution in [0.3, 0.4) is 0 Å². The standard InChI is InChI=1S/C22H20N4O/c1-15-7-6-8-19(16(15)2)24-25-22-21(17-10-12-18(27-3)13-11-17)23-20-9-4-5-14-26(20)22/h4-14H,1-3H3. The summed E-state index contributed by atoms with van der Waals surface area (Å²) in [7, 11) is 1.66. The van der Waals surface area contributed by atoms with Crippen molar-refractivity contribution < 1.29 is 4.74 Å². The van der Waals surface area contributed by atoms with Gasteiger partial charge in [-0.15, -0.1) is 10.2 Å². The summed E-state index contributed by atoms with van der Waals surface area (Å²) < 4.78 is 7.21. The zero-order valence-electron chi connectivity index (χ0n) is 15.5. The molecule has 27 heavy (non-hydrogen) atoms. The van der Waals surface area contributed by atoms with E-state index in [2.05, 4.69) is 30.1 Å². The first-order valence-corrected chi connectivity index (χ1v) is 8.77. The fraction of sp³-hybridized carbons (Fsp3) is 0.136. The number of aromatic nitrogens is 2. The molecule has 0 atom stereocenters. The first-order chi connectivity index (χ1) is 13.2. The molecule has 5 nitrogen and oxygen atoms in total. The minimum Gasteiger partial charge on any atom is -0.497 e. The quantitative estimate of drug-likeness (QED) is 0.418. The third-order valence-corrected chi connectivity index (χ3v) is 4.70. The molecule has 0 bridgehead atoms. The summed E-state index contributed by atoms with van der Waals surface area (Å²) in [6.07, 6.45) is 1.95. The van der Waals surface area contributed by atoms with Crippen molar-refractivity contribution in [3.63, 3.8) is 0 Å². The summed E-state index contributed by atoms with van der Waals surface area (Å²) in [5.74, 6) is 1.51. The number of fused-ring (bicyclic) bond motifs is 1. The molecule has 0 radical (unpaired) electrons. The Morgan fingerprint density at radius 2 is 1.70 bits per heavy atom. The van der Waals surface area contributed by atoms with Gasteiger partial charge in [-0.3, -0.25) is 4.40 Å². The number of aryl methyl sites for hydroxylation is 1. The Balaban J connectivity index is 1.85. The summed E-state index contributed by atoms with van der Waals surface area (Å²) in [5.41, 5.74) is 5.77. The lowest BCUT2D eigenvalue weighted by molar-refractivity contribution is 0.415. The molecule has 2 heterocycles. The van der Waals surface area contributed by atoms with E-state index in [1.807, 2.05) is 65.2 Å². The molecule has 0 aliphatic rings. The van der Waals surface area contributed by atoms with Crippen LogP contribution in [0.15, 0.2) is 77.1 Å². The van der Waals surface area contributed by atoms with E-state index in [-0.39, 0.29) is 0 Å². The molecule has 0 N–H and O–H groups in total. The van der Waals surface area contributed by atoms with Crippen molar-refractivity contribution in [3.05, 3.63) is 78.0 Å². The number of hydrogen-bond donors (Lipinski definition) is 0. The summed E-state index contributed by atoms with van der Waals surface area (Å²) >= 11 is 0. The molecule has 0 amide bonds. The molecule has 5 heteroatoms. The average Bonchev–Trinajstić information content (AvgIpc) is 3.08. The van der Waals surface area contributed by atoms with Gasteiger partial charge in [0.25, 0.3) is 0 Å². The molecular weight excluding hydrogens is 336 g/mol. The molecule has 4 rings (SSSR count). The molecule has 0 saturated carbocycles. The van der Waals surface area contributed by atoms with Gasteiger partial charge in [0.05, 0.1) is 12.8 Å². The van der Waals surface area contributed by atoms with E-state index in [1.54, 1.807) is 7.11 Å². The van der Waals surface area contributed by atoms with Crippen LogP contribution in [-0.4, -0.2) is 16.5 Å². The van der Waals surface area contributed by atoms with Gasteiger partial charge < -0.3 is 4.74 Å². The second kappa shape index (κ2) is 7.03. The summed E-state index contributed by atoms with van der Waals surface area (Å²) in [4.78, 5) is 4.76. The highest BCUT2D eigenvalue weighted by atomic mass is 16.5. The van der Waals surface area contributed by atoms with Gasteiger partial charge in [0.2, 0.25) is 0 Å². The van der Waals surface area contributed by atoms with Crippen LogP contribution in [0.5, 0.6) is 5.75 Å². The zero-order valence-corrected chi connectivity index (χ0v) is 15.5. The van der Waals surface area contributed by atoms with E-state index in [4.69, 9.17) is 9.72 Å². The van der Waals surface area contributed by atoms with Gasteiger partial charge in [0.15, 0.2) is 5.82 Å². The molecule has 2 aromatic carbocycles. The summed E-state index contributed by atoms with van der Waals surface area (Å²) in [5, 5.41) is 9.10. The maximum Gasteiger partial charge on any atom is 0.187 e. The monoisotopic (exact) mass is 356 g/mol. The second-order valence-corrected chi connectivity index (χ2v) is 6.36. The van der Waals surface area contributed by atoms with E-state index in [9.17, 15) is 0 Å². The molecule has 0 saturated heterocycles. The Hall–Kier alpha value is -3.47. The third kappa shape index (κ3) is 3.19. The molecule has 0 unspecified atom stereocenters. The van der Waals surface area contributed by atoms with Crippen LogP contribution in [0.25, 0.3) is 16.9 Å². The Morgan fingerprint density at radius 3 is 2.48 bits per heavy atom. The number of methoxy groups -OCH3 is 1. The summed E-state index contributed by atoms with van der Waals surface area (Å²) in [6, 6.07) is 19.7. The molecule has 134 valence electrons. The highest BCUT2D eigenvalue weighted by Crippen LogP contribution is 2.33. The maximum atomic E-state index is 5.26. The van der Waals surface area contributed by atoms with Gasteiger partial charge in [0.1, 0.15) is 17.1 Å². The van der Waals surface area contributed by atoms with Gasteiger partial charge in [-0.1, -0.05) is 18.2 Å². The zero-order chi connectivity index (χ0) is 18.8. The largest absolute Gasteiger partial charge is 0.497 e. The van der Waals surface area contributed by atoms with Crippen LogP contribution < -0.4 is 4.74 Å². The molecular formula is C22H20N4O. The first kappa shape index (κ1) is 17.0. The average molecular weight is 356 g/mol. The minimum atomic E-state index is 0.705. The van der Waals surface area contributed by atoms with Crippen molar-refractivity contribution in [2.75, 3.05) is 7.11 Å². The predicted octanol–water partition coefficient (Wildman–Crippen LogP) is 6.04. The van der Waals surface area contributed by atoms with Crippen LogP contribution in [0.2, 0.25) is 0 Å². The summed E-state index contributed by atoms with van der Waals surface area (Å²) in [6.45, 7) is 4.13. The maximum absolute atomic E-state index is 5.26. The number of pyridine rings is 1. The number of hydrogen-bond acceptors (Lipinski definition) is 4. The number of imidazole rings is 1. The second-order valence-electron chi connectivity index (χ2n) is 6.36. The molecule has 0 fully saturated rings. The smallest absolute Gasteiger partial charge is 0.187 e. The van der Waals surface area contributed by atoms with Crippen LogP contribution >= 0.6 is 0 Å². The lowest BCUT2D eigenvalue weighted by atomic mass is 10.1. The van der Waals surface area contributed by atoms with Crippen LogP contribution in [0, 0.1) is 13.8 Å². The van der Waals surface area contributed by atoms with Crippen molar-refractivity contribution in [1.29, 1.82) is 0 Å². The van der Waals surface area contributed by atoms with E-state index < -0.39 is 0 Å². The highest BCUT2D eigenvalue weighted by Gasteiger charge is 2.14. The lowest BCUT2D eigenvalue weighted by Gasteiger charge is -2.04. The van der Waals surface area contributed by atoms with E-state index in [1.165, 1.54) is 5.56 Å².